The lowest BCUT2D eigenvalue weighted by Crippen LogP contribution is -2.47. The molecule has 11 nitrogen and oxygen atoms in total. The van der Waals surface area contributed by atoms with Gasteiger partial charge in [0.1, 0.15) is 12.1 Å². The summed E-state index contributed by atoms with van der Waals surface area (Å²) in [6, 6.07) is -1.65. The van der Waals surface area contributed by atoms with Crippen molar-refractivity contribution >= 4 is 40.7 Å². The first-order valence-electron chi connectivity index (χ1n) is 13.5. The van der Waals surface area contributed by atoms with Crippen LogP contribution in [-0.4, -0.2) is 99.4 Å². The van der Waals surface area contributed by atoms with Gasteiger partial charge in [0.2, 0.25) is 0 Å². The van der Waals surface area contributed by atoms with Gasteiger partial charge in [-0.1, -0.05) is 17.7 Å². The minimum atomic E-state index is -3.33. The number of aliphatic imine (C=N–C) groups is 1. The lowest BCUT2D eigenvalue weighted by atomic mass is 9.95. The minimum absolute atomic E-state index is 0.0489. The number of nitrogens with zero attached hydrogens (tertiary/aromatic N) is 4. The van der Waals surface area contributed by atoms with Crippen LogP contribution in [0.15, 0.2) is 40.0 Å². The first-order valence-corrected chi connectivity index (χ1v) is 14.8. The van der Waals surface area contributed by atoms with Crippen LogP contribution in [0.25, 0.3) is 0 Å². The fourth-order valence-corrected chi connectivity index (χ4v) is 6.27. The largest absolute Gasteiger partial charge is 0.479 e. The van der Waals surface area contributed by atoms with E-state index >= 15 is 8.78 Å². The molecule has 2 aromatic rings. The quantitative estimate of drug-likeness (QED) is 0.198. The van der Waals surface area contributed by atoms with E-state index in [1.165, 1.54) is 28.5 Å². The number of carbonyl (C=O) groups is 2. The highest BCUT2D eigenvalue weighted by Gasteiger charge is 2.61. The Bertz CT molecular complexity index is 1510. The van der Waals surface area contributed by atoms with Crippen molar-refractivity contribution in [3.63, 3.8) is 0 Å². The van der Waals surface area contributed by atoms with E-state index in [-0.39, 0.29) is 55.4 Å². The summed E-state index contributed by atoms with van der Waals surface area (Å²) >= 11 is 7.39. The van der Waals surface area contributed by atoms with Crippen LogP contribution in [0.2, 0.25) is 5.02 Å². The number of hydroxylamine groups is 2. The molecule has 0 bridgehead atoms. The third-order valence-electron chi connectivity index (χ3n) is 7.66. The molecular formula is C27H28ClF4N5O6S. The number of aromatic nitrogens is 1. The number of benzene rings is 1. The number of hydrogen-bond donors (Lipinski definition) is 3. The van der Waals surface area contributed by atoms with Crippen LogP contribution in [0.1, 0.15) is 36.9 Å². The van der Waals surface area contributed by atoms with E-state index in [0.717, 1.165) is 18.1 Å². The number of hydrogen-bond acceptors (Lipinski definition) is 11. The minimum Gasteiger partial charge on any atom is -0.479 e. The van der Waals surface area contributed by atoms with E-state index < -0.39 is 64.8 Å². The SMILES string of the molecule is CCOC(=O)C1=C(CN2CC(F)(F)[C@H]3[C@@H]2CON3CC[C@@](C)(O)C(=O)O)NC(c2nccs2)=N[C@H]1c1ccc(F)c(F)c1Cl. The number of alkyl halides is 2. The molecule has 2 fully saturated rings. The average molecular weight is 662 g/mol. The van der Waals surface area contributed by atoms with Gasteiger partial charge in [0.05, 0.1) is 36.4 Å². The third-order valence-corrected chi connectivity index (χ3v) is 8.82. The van der Waals surface area contributed by atoms with Crippen molar-refractivity contribution in [2.45, 2.75) is 49.9 Å². The number of ether oxygens (including phenoxy) is 1. The number of carboxylic acid groups (broad SMARTS) is 1. The number of fused-ring (bicyclic) bond motifs is 1. The van der Waals surface area contributed by atoms with Gasteiger partial charge in [-0.25, -0.2) is 32.1 Å². The third kappa shape index (κ3) is 6.06. The van der Waals surface area contributed by atoms with Crippen LogP contribution in [0.3, 0.4) is 0 Å². The van der Waals surface area contributed by atoms with Crippen molar-refractivity contribution in [2.75, 3.05) is 32.8 Å². The fourth-order valence-electron chi connectivity index (χ4n) is 5.42. The van der Waals surface area contributed by atoms with Crippen LogP contribution < -0.4 is 5.32 Å². The lowest BCUT2D eigenvalue weighted by molar-refractivity contribution is -0.190. The molecule has 238 valence electrons. The average Bonchev–Trinajstić information content (AvgIpc) is 3.70. The van der Waals surface area contributed by atoms with Gasteiger partial charge >= 0.3 is 11.9 Å². The summed E-state index contributed by atoms with van der Waals surface area (Å²) in [6.07, 6.45) is 1.14. The molecule has 5 rings (SSSR count). The predicted octanol–water partition coefficient (Wildman–Crippen LogP) is 3.14. The molecular weight excluding hydrogens is 634 g/mol. The molecule has 0 aliphatic carbocycles. The Kier molecular flexibility index (Phi) is 9.04. The number of aliphatic hydroxyl groups is 1. The van der Waals surface area contributed by atoms with Gasteiger partial charge in [-0.3, -0.25) is 14.7 Å². The number of carboxylic acids is 1. The number of halogens is 5. The van der Waals surface area contributed by atoms with Gasteiger partial charge in [-0.15, -0.1) is 11.3 Å². The number of carbonyl (C=O) groups excluding carboxylic acids is 1. The topological polar surface area (TPSA) is 137 Å². The maximum Gasteiger partial charge on any atom is 0.338 e. The molecule has 4 atom stereocenters. The second-order valence-corrected chi connectivity index (χ2v) is 11.9. The molecule has 3 aliphatic rings. The van der Waals surface area contributed by atoms with Gasteiger partial charge in [-0.05, 0) is 19.9 Å². The maximum absolute atomic E-state index is 15.5. The van der Waals surface area contributed by atoms with Gasteiger partial charge in [0.25, 0.3) is 5.92 Å². The molecule has 0 unspecified atom stereocenters. The van der Waals surface area contributed by atoms with Crippen LogP contribution in [0, 0.1) is 11.6 Å². The van der Waals surface area contributed by atoms with E-state index in [1.54, 1.807) is 12.3 Å². The highest BCUT2D eigenvalue weighted by atomic mass is 35.5. The van der Waals surface area contributed by atoms with E-state index in [2.05, 4.69) is 15.3 Å². The first-order chi connectivity index (χ1) is 20.7. The van der Waals surface area contributed by atoms with Crippen LogP contribution in [-0.2, 0) is 19.2 Å². The summed E-state index contributed by atoms with van der Waals surface area (Å²) in [6.45, 7) is 1.11. The highest BCUT2D eigenvalue weighted by molar-refractivity contribution is 7.11. The Labute approximate surface area is 257 Å². The first kappa shape index (κ1) is 32.2. The fraction of sp³-hybridized carbons (Fsp3) is 0.481. The van der Waals surface area contributed by atoms with Gasteiger partial charge < -0.3 is 20.3 Å². The van der Waals surface area contributed by atoms with Crippen LogP contribution in [0.5, 0.6) is 0 Å². The number of esters is 1. The number of likely N-dealkylation sites (tertiary alicyclic amines) is 1. The summed E-state index contributed by atoms with van der Waals surface area (Å²) < 4.78 is 64.8. The number of thiazole rings is 1. The summed E-state index contributed by atoms with van der Waals surface area (Å²) in [7, 11) is 0. The molecule has 1 aromatic heterocycles. The summed E-state index contributed by atoms with van der Waals surface area (Å²) in [5.74, 6) is -8.10. The Morgan fingerprint density at radius 1 is 1.34 bits per heavy atom. The molecule has 4 heterocycles. The molecule has 3 aliphatic heterocycles. The lowest BCUT2D eigenvalue weighted by Gasteiger charge is -2.30. The predicted molar refractivity (Wildman–Crippen MR) is 149 cm³/mol. The zero-order valence-corrected chi connectivity index (χ0v) is 25.0. The van der Waals surface area contributed by atoms with E-state index in [9.17, 15) is 28.6 Å². The van der Waals surface area contributed by atoms with Crippen molar-refractivity contribution in [1.82, 2.24) is 20.3 Å². The molecule has 0 spiro atoms. The van der Waals surface area contributed by atoms with Crippen molar-refractivity contribution < 1.29 is 46.9 Å². The van der Waals surface area contributed by atoms with Gasteiger partial charge in [0.15, 0.2) is 28.1 Å². The molecule has 44 heavy (non-hydrogen) atoms. The van der Waals surface area contributed by atoms with Gasteiger partial charge in [-0.2, -0.15) is 5.06 Å². The Morgan fingerprint density at radius 2 is 2.09 bits per heavy atom. The van der Waals surface area contributed by atoms with Crippen molar-refractivity contribution in [1.29, 1.82) is 0 Å². The Morgan fingerprint density at radius 3 is 2.75 bits per heavy atom. The monoisotopic (exact) mass is 661 g/mol. The standard InChI is InChI=1S/C27H28ClF4N5O6S/c1-3-42-24(38)17-15(10-36-12-27(31,32)21-16(36)11-43-37(21)8-6-26(2,41)25(39)40)34-22(23-33-7-9-44-23)35-20(17)13-4-5-14(29)19(30)18(13)28/h4-5,7,9,16,20-21,41H,3,6,8,10-12H2,1-2H3,(H,34,35)(H,39,40)/t16-,20-,21+,26+/m0/s1. The maximum atomic E-state index is 15.5. The summed E-state index contributed by atoms with van der Waals surface area (Å²) in [5.41, 5.74) is -2.23. The van der Waals surface area contributed by atoms with E-state index in [1.807, 2.05) is 0 Å². The Hall–Kier alpha value is -3.15. The molecule has 2 saturated heterocycles. The number of amidine groups is 1. The van der Waals surface area contributed by atoms with Crippen LogP contribution >= 0.6 is 22.9 Å². The van der Waals surface area contributed by atoms with Crippen molar-refractivity contribution in [3.05, 3.63) is 62.2 Å². The second kappa shape index (κ2) is 12.3. The molecule has 17 heteroatoms. The van der Waals surface area contributed by atoms with E-state index in [0.29, 0.717) is 5.01 Å². The van der Waals surface area contributed by atoms with Crippen molar-refractivity contribution in [2.24, 2.45) is 4.99 Å². The zero-order chi connectivity index (χ0) is 32.0. The molecule has 3 N–H and O–H groups in total. The second-order valence-electron chi connectivity index (χ2n) is 10.7. The normalized spacial score (nSPS) is 24.9. The molecule has 0 amide bonds. The molecule has 1 aromatic carbocycles. The highest BCUT2D eigenvalue weighted by Crippen LogP contribution is 2.42. The number of aliphatic carboxylic acids is 1. The smallest absolute Gasteiger partial charge is 0.338 e. The van der Waals surface area contributed by atoms with Crippen molar-refractivity contribution in [3.8, 4) is 0 Å². The molecule has 0 radical (unpaired) electrons. The van der Waals surface area contributed by atoms with E-state index in [4.69, 9.17) is 21.2 Å². The Balaban J connectivity index is 1.52. The van der Waals surface area contributed by atoms with Crippen LogP contribution in [0.4, 0.5) is 17.6 Å². The zero-order valence-electron chi connectivity index (χ0n) is 23.4. The number of rotatable bonds is 10. The summed E-state index contributed by atoms with van der Waals surface area (Å²) in [5, 5.41) is 24.7. The number of nitrogens with one attached hydrogen (secondary N) is 1. The summed E-state index contributed by atoms with van der Waals surface area (Å²) in [4.78, 5) is 40.4. The molecule has 0 saturated carbocycles. The van der Waals surface area contributed by atoms with Gasteiger partial charge in [0, 0.05) is 42.3 Å².